The van der Waals surface area contributed by atoms with Crippen molar-refractivity contribution in [2.75, 3.05) is 6.54 Å². The smallest absolute Gasteiger partial charge is 0.253 e. The minimum Gasteiger partial charge on any atom is -0.303 e. The molecule has 0 saturated carbocycles. The number of rotatable bonds is 5. The maximum Gasteiger partial charge on any atom is 0.253 e. The zero-order valence-electron chi connectivity index (χ0n) is 10.7. The highest BCUT2D eigenvalue weighted by atomic mass is 32.2. The summed E-state index contributed by atoms with van der Waals surface area (Å²) in [6, 6.07) is 0. The minimum atomic E-state index is -3.53. The average molecular weight is 262 g/mol. The van der Waals surface area contributed by atoms with E-state index < -0.39 is 26.7 Å². The Hall–Kier alpha value is -0.620. The molecule has 1 fully saturated rings. The number of nitrogens with one attached hydrogen (secondary N) is 2. The van der Waals surface area contributed by atoms with E-state index in [9.17, 15) is 13.2 Å². The molecule has 0 bridgehead atoms. The van der Waals surface area contributed by atoms with Crippen molar-refractivity contribution in [3.05, 3.63) is 0 Å². The molecule has 1 atom stereocenters. The maximum absolute atomic E-state index is 12.1. The van der Waals surface area contributed by atoms with Gasteiger partial charge in [0.2, 0.25) is 10.0 Å². The molecule has 6 heteroatoms. The summed E-state index contributed by atoms with van der Waals surface area (Å²) in [5.74, 6) is -0.398. The number of hydrogen-bond acceptors (Lipinski definition) is 4. The van der Waals surface area contributed by atoms with Gasteiger partial charge in [0.1, 0.15) is 0 Å². The van der Waals surface area contributed by atoms with Gasteiger partial charge in [-0.2, -0.15) is 0 Å². The molecule has 0 radical (unpaired) electrons. The number of sulfonamides is 1. The third kappa shape index (κ3) is 3.19. The second kappa shape index (κ2) is 5.35. The van der Waals surface area contributed by atoms with E-state index >= 15 is 0 Å². The van der Waals surface area contributed by atoms with Crippen LogP contribution in [0.2, 0.25) is 0 Å². The summed E-state index contributed by atoms with van der Waals surface area (Å²) in [5, 5.41) is 2.56. The van der Waals surface area contributed by atoms with Crippen molar-refractivity contribution in [3.8, 4) is 0 Å². The van der Waals surface area contributed by atoms with E-state index in [1.54, 1.807) is 13.8 Å². The first-order chi connectivity index (χ1) is 7.84. The molecule has 0 aromatic heterocycles. The van der Waals surface area contributed by atoms with Gasteiger partial charge in [0.15, 0.2) is 0 Å². The molecule has 1 saturated heterocycles. The van der Waals surface area contributed by atoms with Crippen LogP contribution >= 0.6 is 0 Å². The molecule has 1 aliphatic rings. The third-order valence-electron chi connectivity index (χ3n) is 3.21. The Morgan fingerprint density at radius 2 is 2.12 bits per heavy atom. The number of carbonyl (C=O) groups is 1. The van der Waals surface area contributed by atoms with Crippen LogP contribution in [0.25, 0.3) is 0 Å². The first kappa shape index (κ1) is 14.4. The second-order valence-electron chi connectivity index (χ2n) is 4.89. The molecule has 1 aliphatic heterocycles. The van der Waals surface area contributed by atoms with Crippen LogP contribution < -0.4 is 10.0 Å². The van der Waals surface area contributed by atoms with Crippen molar-refractivity contribution in [2.45, 2.75) is 57.2 Å². The highest BCUT2D eigenvalue weighted by Gasteiger charge is 2.41. The molecular formula is C11H22N2O3S. The molecule has 2 N–H and O–H groups in total. The van der Waals surface area contributed by atoms with Gasteiger partial charge in [-0.3, -0.25) is 9.52 Å². The van der Waals surface area contributed by atoms with Crippen LogP contribution in [0.15, 0.2) is 0 Å². The summed E-state index contributed by atoms with van der Waals surface area (Å²) >= 11 is 0. The zero-order valence-corrected chi connectivity index (χ0v) is 11.6. The van der Waals surface area contributed by atoms with Gasteiger partial charge < -0.3 is 5.32 Å². The first-order valence-electron chi connectivity index (χ1n) is 6.15. The Bertz CT molecular complexity index is 370. The molecule has 5 nitrogen and oxygen atoms in total. The molecule has 1 unspecified atom stereocenters. The molecule has 0 spiro atoms. The predicted octanol–water partition coefficient (Wildman–Crippen LogP) is 0.763. The number of amides is 1. The first-order valence-corrected chi connectivity index (χ1v) is 7.70. The summed E-state index contributed by atoms with van der Waals surface area (Å²) in [5.41, 5.74) is -0.684. The lowest BCUT2D eigenvalue weighted by molar-refractivity contribution is -0.125. The van der Waals surface area contributed by atoms with E-state index in [4.69, 9.17) is 0 Å². The van der Waals surface area contributed by atoms with E-state index in [0.29, 0.717) is 12.8 Å². The Morgan fingerprint density at radius 3 is 2.53 bits per heavy atom. The largest absolute Gasteiger partial charge is 0.303 e. The Balaban J connectivity index is 2.80. The summed E-state index contributed by atoms with van der Waals surface area (Å²) in [6.45, 7) is 5.88. The lowest BCUT2D eigenvalue weighted by atomic mass is 9.91. The lowest BCUT2D eigenvalue weighted by Crippen LogP contribution is -2.55. The lowest BCUT2D eigenvalue weighted by Gasteiger charge is -2.28. The monoisotopic (exact) mass is 262 g/mol. The van der Waals surface area contributed by atoms with Crippen molar-refractivity contribution in [1.82, 2.24) is 10.0 Å². The molecule has 0 aromatic carbocycles. The molecule has 0 aromatic rings. The van der Waals surface area contributed by atoms with Crippen LogP contribution in [0.1, 0.15) is 46.5 Å². The van der Waals surface area contributed by atoms with E-state index in [2.05, 4.69) is 10.0 Å². The zero-order chi connectivity index (χ0) is 13.1. The second-order valence-corrected chi connectivity index (χ2v) is 7.12. The van der Waals surface area contributed by atoms with Crippen molar-refractivity contribution >= 4 is 15.9 Å². The highest BCUT2D eigenvalue weighted by Crippen LogP contribution is 2.25. The molecule has 1 rings (SSSR count). The van der Waals surface area contributed by atoms with Gasteiger partial charge in [-0.25, -0.2) is 8.42 Å². The topological polar surface area (TPSA) is 75.3 Å². The van der Waals surface area contributed by atoms with Gasteiger partial charge in [0.05, 0.1) is 10.8 Å². The van der Waals surface area contributed by atoms with Crippen LogP contribution in [0.5, 0.6) is 0 Å². The van der Waals surface area contributed by atoms with Gasteiger partial charge in [0, 0.05) is 0 Å². The summed E-state index contributed by atoms with van der Waals surface area (Å²) in [4.78, 5) is 12.1. The van der Waals surface area contributed by atoms with Crippen molar-refractivity contribution in [1.29, 1.82) is 0 Å². The Kier molecular flexibility index (Phi) is 4.55. The fraction of sp³-hybridized carbons (Fsp3) is 0.909. The molecule has 0 aliphatic carbocycles. The standard InChI is InChI=1S/C11H22N2O3S/c1-4-6-11(7-5-8-12-11)10(14)13-17(15,16)9(2)3/h9,12H,4-8H2,1-3H3,(H,13,14). The number of hydrogen-bond donors (Lipinski definition) is 2. The minimum absolute atomic E-state index is 0.398. The molecule has 100 valence electrons. The van der Waals surface area contributed by atoms with Gasteiger partial charge >= 0.3 is 0 Å². The van der Waals surface area contributed by atoms with Crippen molar-refractivity contribution in [3.63, 3.8) is 0 Å². The SMILES string of the molecule is CCCC1(C(=O)NS(=O)(=O)C(C)C)CCCN1. The van der Waals surface area contributed by atoms with Gasteiger partial charge in [-0.05, 0) is 39.7 Å². The molecule has 1 amide bonds. The van der Waals surface area contributed by atoms with E-state index in [0.717, 1.165) is 19.4 Å². The molecule has 17 heavy (non-hydrogen) atoms. The van der Waals surface area contributed by atoms with Crippen LogP contribution in [0.4, 0.5) is 0 Å². The van der Waals surface area contributed by atoms with E-state index in [1.165, 1.54) is 0 Å². The Labute approximate surface area is 103 Å². The van der Waals surface area contributed by atoms with E-state index in [1.807, 2.05) is 6.92 Å². The fourth-order valence-corrected chi connectivity index (χ4v) is 2.79. The maximum atomic E-state index is 12.1. The van der Waals surface area contributed by atoms with E-state index in [-0.39, 0.29) is 0 Å². The summed E-state index contributed by atoms with van der Waals surface area (Å²) in [7, 11) is -3.53. The third-order valence-corrected chi connectivity index (χ3v) is 4.92. The molecular weight excluding hydrogens is 240 g/mol. The van der Waals surface area contributed by atoms with Crippen LogP contribution in [0.3, 0.4) is 0 Å². The summed E-state index contributed by atoms with van der Waals surface area (Å²) in [6.07, 6.45) is 3.14. The van der Waals surface area contributed by atoms with Crippen molar-refractivity contribution < 1.29 is 13.2 Å². The molecule has 1 heterocycles. The highest BCUT2D eigenvalue weighted by molar-refractivity contribution is 7.90. The Morgan fingerprint density at radius 1 is 1.47 bits per heavy atom. The van der Waals surface area contributed by atoms with Gasteiger partial charge in [-0.15, -0.1) is 0 Å². The normalized spacial score (nSPS) is 25.2. The van der Waals surface area contributed by atoms with Crippen LogP contribution in [-0.2, 0) is 14.8 Å². The van der Waals surface area contributed by atoms with Crippen LogP contribution in [-0.4, -0.2) is 31.7 Å². The quantitative estimate of drug-likeness (QED) is 0.767. The average Bonchev–Trinajstić information content (AvgIpc) is 2.67. The number of carbonyl (C=O) groups excluding carboxylic acids is 1. The fourth-order valence-electron chi connectivity index (χ4n) is 2.10. The predicted molar refractivity (Wildman–Crippen MR) is 67.1 cm³/mol. The summed E-state index contributed by atoms with van der Waals surface area (Å²) < 4.78 is 25.6. The van der Waals surface area contributed by atoms with Gasteiger partial charge in [0.25, 0.3) is 5.91 Å². The van der Waals surface area contributed by atoms with Crippen molar-refractivity contribution in [2.24, 2.45) is 0 Å². The van der Waals surface area contributed by atoms with Crippen LogP contribution in [0, 0.1) is 0 Å². The van der Waals surface area contributed by atoms with Gasteiger partial charge in [-0.1, -0.05) is 13.3 Å².